The molecule has 0 aliphatic carbocycles. The molecule has 1 atom stereocenters. The third kappa shape index (κ3) is 2.97. The van der Waals surface area contributed by atoms with Gasteiger partial charge in [0.15, 0.2) is 0 Å². The summed E-state index contributed by atoms with van der Waals surface area (Å²) in [6.07, 6.45) is 0. The van der Waals surface area contributed by atoms with Crippen LogP contribution in [-0.4, -0.2) is 25.4 Å². The molecule has 0 aromatic heterocycles. The quantitative estimate of drug-likeness (QED) is 0.833. The number of aryl methyl sites for hydroxylation is 1. The lowest BCUT2D eigenvalue weighted by Crippen LogP contribution is -2.28. The minimum Gasteiger partial charge on any atom is -0.497 e. The van der Waals surface area contributed by atoms with E-state index in [1.807, 2.05) is 32.0 Å². The number of methoxy groups -OCH3 is 1. The summed E-state index contributed by atoms with van der Waals surface area (Å²) in [5, 5.41) is 10.3. The molecule has 0 spiro atoms. The van der Waals surface area contributed by atoms with Crippen molar-refractivity contribution in [3.8, 4) is 5.75 Å². The second-order valence-electron chi connectivity index (χ2n) is 4.09. The van der Waals surface area contributed by atoms with Crippen LogP contribution in [0.5, 0.6) is 5.75 Å². The molecule has 0 aliphatic heterocycles. The van der Waals surface area contributed by atoms with Crippen molar-refractivity contribution in [3.05, 3.63) is 29.3 Å². The van der Waals surface area contributed by atoms with E-state index in [1.165, 1.54) is 0 Å². The van der Waals surface area contributed by atoms with Crippen molar-refractivity contribution in [3.63, 3.8) is 0 Å². The predicted molar refractivity (Wildman–Crippen MR) is 63.8 cm³/mol. The summed E-state index contributed by atoms with van der Waals surface area (Å²) in [6, 6.07) is 5.64. The molecule has 0 aliphatic rings. The van der Waals surface area contributed by atoms with Gasteiger partial charge in [0, 0.05) is 6.61 Å². The fourth-order valence-corrected chi connectivity index (χ4v) is 1.75. The van der Waals surface area contributed by atoms with E-state index in [0.717, 1.165) is 16.9 Å². The predicted octanol–water partition coefficient (Wildman–Crippen LogP) is 2.25. The molecule has 0 amide bonds. The summed E-state index contributed by atoms with van der Waals surface area (Å²) in [7, 11) is 1.63. The summed E-state index contributed by atoms with van der Waals surface area (Å²) in [5.74, 6) is 0.799. The van der Waals surface area contributed by atoms with Crippen molar-refractivity contribution in [2.24, 2.45) is 0 Å². The monoisotopic (exact) mass is 224 g/mol. The summed E-state index contributed by atoms with van der Waals surface area (Å²) < 4.78 is 10.4. The first-order chi connectivity index (χ1) is 7.51. The minimum absolute atomic E-state index is 0.302. The molecule has 1 unspecified atom stereocenters. The van der Waals surface area contributed by atoms with Crippen molar-refractivity contribution >= 4 is 0 Å². The highest BCUT2D eigenvalue weighted by atomic mass is 16.5. The Labute approximate surface area is 97.0 Å². The molecule has 0 fully saturated rings. The Morgan fingerprint density at radius 3 is 2.56 bits per heavy atom. The van der Waals surface area contributed by atoms with E-state index < -0.39 is 5.60 Å². The molecule has 0 heterocycles. The van der Waals surface area contributed by atoms with Crippen molar-refractivity contribution in [1.82, 2.24) is 0 Å². The van der Waals surface area contributed by atoms with Crippen LogP contribution < -0.4 is 4.74 Å². The van der Waals surface area contributed by atoms with E-state index in [-0.39, 0.29) is 0 Å². The molecule has 0 saturated heterocycles. The van der Waals surface area contributed by atoms with Crippen LogP contribution in [0.25, 0.3) is 0 Å². The lowest BCUT2D eigenvalue weighted by Gasteiger charge is -2.25. The Hall–Kier alpha value is -1.06. The molecule has 3 heteroatoms. The van der Waals surface area contributed by atoms with Crippen LogP contribution in [0.3, 0.4) is 0 Å². The highest BCUT2D eigenvalue weighted by Crippen LogP contribution is 2.27. The average Bonchev–Trinajstić information content (AvgIpc) is 2.25. The maximum Gasteiger partial charge on any atom is 0.119 e. The van der Waals surface area contributed by atoms with Gasteiger partial charge in [0.2, 0.25) is 0 Å². The van der Waals surface area contributed by atoms with Gasteiger partial charge in [-0.25, -0.2) is 0 Å². The van der Waals surface area contributed by atoms with Gasteiger partial charge in [0.25, 0.3) is 0 Å². The lowest BCUT2D eigenvalue weighted by molar-refractivity contribution is -0.0347. The van der Waals surface area contributed by atoms with Gasteiger partial charge in [0.05, 0.1) is 13.7 Å². The standard InChI is InChI=1S/C13H20O3/c1-5-16-9-13(3,14)12-7-6-11(15-4)8-10(12)2/h6-8,14H,5,9H2,1-4H3. The molecule has 0 radical (unpaired) electrons. The number of hydrogen-bond donors (Lipinski definition) is 1. The van der Waals surface area contributed by atoms with Crippen LogP contribution in [0.2, 0.25) is 0 Å². The molecule has 1 aromatic rings. The van der Waals surface area contributed by atoms with Crippen LogP contribution in [0.15, 0.2) is 18.2 Å². The maximum atomic E-state index is 10.3. The zero-order valence-corrected chi connectivity index (χ0v) is 10.4. The number of ether oxygens (including phenoxy) is 2. The molecular weight excluding hydrogens is 204 g/mol. The largest absolute Gasteiger partial charge is 0.497 e. The van der Waals surface area contributed by atoms with E-state index in [2.05, 4.69) is 0 Å². The topological polar surface area (TPSA) is 38.7 Å². The van der Waals surface area contributed by atoms with Crippen LogP contribution in [0.1, 0.15) is 25.0 Å². The van der Waals surface area contributed by atoms with E-state index in [1.54, 1.807) is 14.0 Å². The summed E-state index contributed by atoms with van der Waals surface area (Å²) in [5.41, 5.74) is 0.928. The molecular formula is C13H20O3. The minimum atomic E-state index is -0.952. The van der Waals surface area contributed by atoms with Crippen molar-refractivity contribution in [2.75, 3.05) is 20.3 Å². The third-order valence-electron chi connectivity index (χ3n) is 2.60. The maximum absolute atomic E-state index is 10.3. The number of rotatable bonds is 5. The Morgan fingerprint density at radius 2 is 2.06 bits per heavy atom. The fraction of sp³-hybridized carbons (Fsp3) is 0.538. The first kappa shape index (κ1) is 13.0. The van der Waals surface area contributed by atoms with Crippen LogP contribution in [0, 0.1) is 6.92 Å². The van der Waals surface area contributed by atoms with Crippen LogP contribution in [-0.2, 0) is 10.3 Å². The average molecular weight is 224 g/mol. The highest BCUT2D eigenvalue weighted by molar-refractivity contribution is 5.37. The van der Waals surface area contributed by atoms with Gasteiger partial charge < -0.3 is 14.6 Å². The molecule has 90 valence electrons. The van der Waals surface area contributed by atoms with Gasteiger partial charge in [-0.1, -0.05) is 6.07 Å². The lowest BCUT2D eigenvalue weighted by atomic mass is 9.92. The van der Waals surface area contributed by atoms with Gasteiger partial charge in [-0.05, 0) is 44.0 Å². The summed E-state index contributed by atoms with van der Waals surface area (Å²) in [4.78, 5) is 0. The second kappa shape index (κ2) is 5.32. The van der Waals surface area contributed by atoms with E-state index >= 15 is 0 Å². The first-order valence-electron chi connectivity index (χ1n) is 5.46. The smallest absolute Gasteiger partial charge is 0.119 e. The van der Waals surface area contributed by atoms with Crippen LogP contribution >= 0.6 is 0 Å². The van der Waals surface area contributed by atoms with Gasteiger partial charge in [0.1, 0.15) is 11.4 Å². The molecule has 16 heavy (non-hydrogen) atoms. The molecule has 1 aromatic carbocycles. The SMILES string of the molecule is CCOCC(C)(O)c1ccc(OC)cc1C. The second-order valence-corrected chi connectivity index (χ2v) is 4.09. The molecule has 0 bridgehead atoms. The number of benzene rings is 1. The Kier molecular flexibility index (Phi) is 4.33. The first-order valence-corrected chi connectivity index (χ1v) is 5.46. The van der Waals surface area contributed by atoms with E-state index in [0.29, 0.717) is 13.2 Å². The fourth-order valence-electron chi connectivity index (χ4n) is 1.75. The van der Waals surface area contributed by atoms with Crippen molar-refractivity contribution in [2.45, 2.75) is 26.4 Å². The number of hydrogen-bond acceptors (Lipinski definition) is 3. The Balaban J connectivity index is 2.94. The third-order valence-corrected chi connectivity index (χ3v) is 2.60. The van der Waals surface area contributed by atoms with Crippen molar-refractivity contribution < 1.29 is 14.6 Å². The molecule has 1 rings (SSSR count). The highest BCUT2D eigenvalue weighted by Gasteiger charge is 2.25. The van der Waals surface area contributed by atoms with Gasteiger partial charge in [-0.15, -0.1) is 0 Å². The Morgan fingerprint density at radius 1 is 1.38 bits per heavy atom. The molecule has 3 nitrogen and oxygen atoms in total. The molecule has 0 saturated carbocycles. The normalized spacial score (nSPS) is 14.6. The zero-order valence-electron chi connectivity index (χ0n) is 10.4. The Bertz CT molecular complexity index is 345. The van der Waals surface area contributed by atoms with Gasteiger partial charge in [-0.3, -0.25) is 0 Å². The van der Waals surface area contributed by atoms with Crippen LogP contribution in [0.4, 0.5) is 0 Å². The van der Waals surface area contributed by atoms with Crippen molar-refractivity contribution in [1.29, 1.82) is 0 Å². The zero-order chi connectivity index (χ0) is 12.2. The van der Waals surface area contributed by atoms with Gasteiger partial charge in [-0.2, -0.15) is 0 Å². The van der Waals surface area contributed by atoms with E-state index in [9.17, 15) is 5.11 Å². The van der Waals surface area contributed by atoms with Gasteiger partial charge >= 0.3 is 0 Å². The number of aliphatic hydroxyl groups is 1. The molecule has 1 N–H and O–H groups in total. The summed E-state index contributed by atoms with van der Waals surface area (Å²) in [6.45, 7) is 6.54. The summed E-state index contributed by atoms with van der Waals surface area (Å²) >= 11 is 0. The van der Waals surface area contributed by atoms with E-state index in [4.69, 9.17) is 9.47 Å².